The number of alkyl halides is 3. The van der Waals surface area contributed by atoms with E-state index >= 15 is 0 Å². The van der Waals surface area contributed by atoms with E-state index in [2.05, 4.69) is 9.47 Å². The van der Waals surface area contributed by atoms with E-state index in [-0.39, 0.29) is 12.3 Å². The summed E-state index contributed by atoms with van der Waals surface area (Å²) in [6.45, 7) is 0.206. The van der Waals surface area contributed by atoms with Gasteiger partial charge in [0.05, 0.1) is 19.9 Å². The van der Waals surface area contributed by atoms with Crippen LogP contribution in [0.2, 0.25) is 0 Å². The summed E-state index contributed by atoms with van der Waals surface area (Å²) in [6, 6.07) is 20.2. The fourth-order valence-corrected chi connectivity index (χ4v) is 3.73. The van der Waals surface area contributed by atoms with Crippen LogP contribution in [0.25, 0.3) is 11.1 Å². The molecule has 0 unspecified atom stereocenters. The molecule has 0 bridgehead atoms. The molecule has 0 saturated heterocycles. The zero-order valence-corrected chi connectivity index (χ0v) is 19.9. The van der Waals surface area contributed by atoms with Crippen molar-refractivity contribution >= 4 is 17.6 Å². The predicted octanol–water partition coefficient (Wildman–Crippen LogP) is 5.79. The predicted molar refractivity (Wildman–Crippen MR) is 129 cm³/mol. The molecule has 0 spiro atoms. The molecule has 0 fully saturated rings. The molecular formula is C27H26F3NO5. The van der Waals surface area contributed by atoms with Crippen LogP contribution in [-0.4, -0.2) is 39.0 Å². The Hall–Kier alpha value is -4.01. The number of carbonyl (C=O) groups is 2. The van der Waals surface area contributed by atoms with Gasteiger partial charge in [0.25, 0.3) is 0 Å². The third-order valence-corrected chi connectivity index (χ3v) is 5.42. The topological polar surface area (TPSA) is 65.1 Å². The van der Waals surface area contributed by atoms with E-state index in [0.717, 1.165) is 25.5 Å². The van der Waals surface area contributed by atoms with Gasteiger partial charge in [0.15, 0.2) is 0 Å². The van der Waals surface area contributed by atoms with Gasteiger partial charge in [-0.05, 0) is 60.2 Å². The van der Waals surface area contributed by atoms with Gasteiger partial charge in [0, 0.05) is 6.54 Å². The van der Waals surface area contributed by atoms with Crippen LogP contribution in [0.4, 0.5) is 18.9 Å². The van der Waals surface area contributed by atoms with Crippen molar-refractivity contribution < 1.29 is 37.0 Å². The molecule has 190 valence electrons. The summed E-state index contributed by atoms with van der Waals surface area (Å²) >= 11 is 0. The second-order valence-corrected chi connectivity index (χ2v) is 7.85. The van der Waals surface area contributed by atoms with Crippen LogP contribution in [0.1, 0.15) is 18.4 Å². The van der Waals surface area contributed by atoms with Gasteiger partial charge in [-0.25, -0.2) is 4.79 Å². The summed E-state index contributed by atoms with van der Waals surface area (Å²) in [6.07, 6.45) is -2.69. The van der Waals surface area contributed by atoms with Crippen LogP contribution in [0.3, 0.4) is 0 Å². The summed E-state index contributed by atoms with van der Waals surface area (Å²) in [4.78, 5) is 26.3. The smallest absolute Gasteiger partial charge is 0.495 e. The summed E-state index contributed by atoms with van der Waals surface area (Å²) in [5.41, 5.74) is 2.39. The van der Waals surface area contributed by atoms with Crippen molar-refractivity contribution in [3.05, 3.63) is 78.4 Å². The lowest BCUT2D eigenvalue weighted by molar-refractivity contribution is -0.274. The first-order chi connectivity index (χ1) is 17.2. The number of amides is 1. The number of hydrogen-bond acceptors (Lipinski definition) is 5. The first-order valence-electron chi connectivity index (χ1n) is 11.2. The highest BCUT2D eigenvalue weighted by molar-refractivity contribution is 6.38. The number of aryl methyl sites for hydroxylation is 1. The molecule has 9 heteroatoms. The molecule has 0 atom stereocenters. The number of nitrogens with zero attached hydrogens (tertiary/aromatic N) is 1. The number of rotatable bonds is 9. The van der Waals surface area contributed by atoms with Crippen molar-refractivity contribution in [2.75, 3.05) is 25.7 Å². The third kappa shape index (κ3) is 7.24. The molecule has 3 rings (SSSR count). The number of hydrogen-bond donors (Lipinski definition) is 0. The molecule has 0 saturated carbocycles. The molecule has 0 aromatic heterocycles. The largest absolute Gasteiger partial charge is 0.573 e. The number of anilines is 1. The number of unbranched alkanes of at least 4 members (excludes halogenated alkanes) is 1. The lowest BCUT2D eigenvalue weighted by Crippen LogP contribution is -2.38. The summed E-state index contributed by atoms with van der Waals surface area (Å²) in [5, 5.41) is 0. The van der Waals surface area contributed by atoms with E-state index in [1.165, 1.54) is 30.2 Å². The molecule has 0 N–H and O–H groups in total. The van der Waals surface area contributed by atoms with Gasteiger partial charge in [-0.2, -0.15) is 0 Å². The number of carbonyl (C=O) groups excluding carboxylic acids is 2. The van der Waals surface area contributed by atoms with Gasteiger partial charge in [0.2, 0.25) is 0 Å². The Labute approximate surface area is 207 Å². The number of esters is 1. The average Bonchev–Trinajstić information content (AvgIpc) is 2.87. The Morgan fingerprint density at radius 3 is 2.25 bits per heavy atom. The highest BCUT2D eigenvalue weighted by Gasteiger charge is 2.31. The molecule has 0 aliphatic rings. The number of benzene rings is 3. The molecular weight excluding hydrogens is 475 g/mol. The lowest BCUT2D eigenvalue weighted by Gasteiger charge is -2.24. The monoisotopic (exact) mass is 501 g/mol. The minimum Gasteiger partial charge on any atom is -0.495 e. The Morgan fingerprint density at radius 1 is 0.861 bits per heavy atom. The van der Waals surface area contributed by atoms with Crippen LogP contribution in [0, 0.1) is 0 Å². The Bertz CT molecular complexity index is 1180. The Balaban J connectivity index is 1.90. The number of halogens is 3. The van der Waals surface area contributed by atoms with Crippen molar-refractivity contribution in [3.8, 4) is 22.6 Å². The minimum atomic E-state index is -4.83. The van der Waals surface area contributed by atoms with Gasteiger partial charge in [-0.1, -0.05) is 48.5 Å². The summed E-state index contributed by atoms with van der Waals surface area (Å²) in [5.74, 6) is -1.96. The molecule has 0 aliphatic heterocycles. The number of ether oxygens (including phenoxy) is 3. The molecule has 0 heterocycles. The molecule has 6 nitrogen and oxygen atoms in total. The Morgan fingerprint density at radius 2 is 1.58 bits per heavy atom. The van der Waals surface area contributed by atoms with Gasteiger partial charge >= 0.3 is 18.2 Å². The maximum atomic E-state index is 12.9. The van der Waals surface area contributed by atoms with Crippen LogP contribution in [0.15, 0.2) is 72.8 Å². The Kier molecular flexibility index (Phi) is 8.94. The first-order valence-corrected chi connectivity index (χ1v) is 11.2. The highest BCUT2D eigenvalue weighted by atomic mass is 19.4. The third-order valence-electron chi connectivity index (χ3n) is 5.42. The van der Waals surface area contributed by atoms with Gasteiger partial charge in [0.1, 0.15) is 11.5 Å². The first kappa shape index (κ1) is 26.6. The van der Waals surface area contributed by atoms with Gasteiger partial charge < -0.3 is 14.2 Å². The highest BCUT2D eigenvalue weighted by Crippen LogP contribution is 2.35. The second-order valence-electron chi connectivity index (χ2n) is 7.85. The fraction of sp³-hybridized carbons (Fsp3) is 0.259. The van der Waals surface area contributed by atoms with Crippen LogP contribution >= 0.6 is 0 Å². The zero-order chi connectivity index (χ0) is 26.1. The quantitative estimate of drug-likeness (QED) is 0.211. The van der Waals surface area contributed by atoms with Crippen molar-refractivity contribution in [1.29, 1.82) is 0 Å². The van der Waals surface area contributed by atoms with Crippen molar-refractivity contribution in [3.63, 3.8) is 0 Å². The summed E-state index contributed by atoms with van der Waals surface area (Å²) in [7, 11) is 2.54. The molecule has 1 amide bonds. The lowest BCUT2D eigenvalue weighted by atomic mass is 10.0. The normalized spacial score (nSPS) is 11.0. The van der Waals surface area contributed by atoms with E-state index in [4.69, 9.17) is 4.74 Å². The van der Waals surface area contributed by atoms with Crippen LogP contribution in [-0.2, 0) is 20.7 Å². The van der Waals surface area contributed by atoms with Gasteiger partial charge in [-0.3, -0.25) is 9.69 Å². The standard InChI is InChI=1S/C27H26F3NO5/c1-34-24-15-14-21(20-12-8-13-22(17-20)36-27(28,29)30)18-23(24)31(25(32)26(33)35-2)16-7-6-11-19-9-4-3-5-10-19/h3-5,8-10,12-15,17-18H,6-7,11,16H2,1-2H3. The number of methoxy groups -OCH3 is 2. The van der Waals surface area contributed by atoms with Crippen molar-refractivity contribution in [2.24, 2.45) is 0 Å². The zero-order valence-electron chi connectivity index (χ0n) is 19.9. The molecule has 0 radical (unpaired) electrons. The molecule has 3 aromatic carbocycles. The maximum absolute atomic E-state index is 12.9. The molecule has 0 aliphatic carbocycles. The van der Waals surface area contributed by atoms with Gasteiger partial charge in [-0.15, -0.1) is 13.2 Å². The summed E-state index contributed by atoms with van der Waals surface area (Å²) < 4.78 is 52.1. The van der Waals surface area contributed by atoms with Crippen LogP contribution in [0.5, 0.6) is 11.5 Å². The minimum absolute atomic E-state index is 0.206. The second kappa shape index (κ2) is 12.1. The van der Waals surface area contributed by atoms with E-state index in [9.17, 15) is 22.8 Å². The van der Waals surface area contributed by atoms with E-state index in [1.54, 1.807) is 24.3 Å². The van der Waals surface area contributed by atoms with Crippen molar-refractivity contribution in [2.45, 2.75) is 25.6 Å². The van der Waals surface area contributed by atoms with E-state index in [1.807, 2.05) is 30.3 Å². The average molecular weight is 502 g/mol. The fourth-order valence-electron chi connectivity index (χ4n) is 3.73. The van der Waals surface area contributed by atoms with Crippen LogP contribution < -0.4 is 14.4 Å². The SMILES string of the molecule is COC(=O)C(=O)N(CCCCc1ccccc1)c1cc(-c2cccc(OC(F)(F)F)c2)ccc1OC. The van der Waals surface area contributed by atoms with Crippen molar-refractivity contribution in [1.82, 2.24) is 0 Å². The van der Waals surface area contributed by atoms with E-state index < -0.39 is 18.2 Å². The maximum Gasteiger partial charge on any atom is 0.573 e. The molecule has 36 heavy (non-hydrogen) atoms. The van der Waals surface area contributed by atoms with E-state index in [0.29, 0.717) is 29.0 Å². The molecule has 3 aromatic rings.